The Morgan fingerprint density at radius 1 is 0.840 bits per heavy atom. The van der Waals surface area contributed by atoms with Gasteiger partial charge in [-0.2, -0.15) is 0 Å². The lowest BCUT2D eigenvalue weighted by atomic mass is 10.0. The SMILES string of the molecule is CCCCOc1ccc2c(OCCCC)ccc(-c3cccs3)c2c1. The summed E-state index contributed by atoms with van der Waals surface area (Å²) in [7, 11) is 0. The number of thiophene rings is 1. The summed E-state index contributed by atoms with van der Waals surface area (Å²) in [4.78, 5) is 1.27. The van der Waals surface area contributed by atoms with Crippen molar-refractivity contribution in [2.75, 3.05) is 13.2 Å². The maximum atomic E-state index is 6.03. The minimum absolute atomic E-state index is 0.763. The van der Waals surface area contributed by atoms with Crippen LogP contribution in [-0.2, 0) is 0 Å². The van der Waals surface area contributed by atoms with Gasteiger partial charge in [-0.15, -0.1) is 11.3 Å². The highest BCUT2D eigenvalue weighted by Gasteiger charge is 2.11. The third kappa shape index (κ3) is 4.35. The molecule has 0 N–H and O–H groups in total. The molecule has 0 saturated heterocycles. The second kappa shape index (κ2) is 8.91. The van der Waals surface area contributed by atoms with E-state index >= 15 is 0 Å². The van der Waals surface area contributed by atoms with E-state index in [1.165, 1.54) is 15.8 Å². The maximum absolute atomic E-state index is 6.03. The van der Waals surface area contributed by atoms with E-state index in [9.17, 15) is 0 Å². The van der Waals surface area contributed by atoms with Crippen LogP contribution in [0.5, 0.6) is 11.5 Å². The molecule has 0 amide bonds. The van der Waals surface area contributed by atoms with Crippen molar-refractivity contribution in [2.45, 2.75) is 39.5 Å². The molecule has 0 saturated carbocycles. The van der Waals surface area contributed by atoms with Crippen LogP contribution < -0.4 is 9.47 Å². The molecule has 0 aliphatic rings. The largest absolute Gasteiger partial charge is 0.494 e. The average Bonchev–Trinajstić information content (AvgIpc) is 3.16. The van der Waals surface area contributed by atoms with Crippen molar-refractivity contribution in [1.82, 2.24) is 0 Å². The number of hydrogen-bond donors (Lipinski definition) is 0. The predicted molar refractivity (Wildman–Crippen MR) is 108 cm³/mol. The minimum Gasteiger partial charge on any atom is -0.494 e. The van der Waals surface area contributed by atoms with Crippen LogP contribution >= 0.6 is 11.3 Å². The van der Waals surface area contributed by atoms with E-state index in [0.717, 1.165) is 55.8 Å². The lowest BCUT2D eigenvalue weighted by Crippen LogP contribution is -1.99. The van der Waals surface area contributed by atoms with Crippen molar-refractivity contribution in [3.63, 3.8) is 0 Å². The average molecular weight is 355 g/mol. The monoisotopic (exact) mass is 354 g/mol. The van der Waals surface area contributed by atoms with Gasteiger partial charge in [0.25, 0.3) is 0 Å². The van der Waals surface area contributed by atoms with E-state index in [1.54, 1.807) is 11.3 Å². The van der Waals surface area contributed by atoms with Crippen LogP contribution in [0.25, 0.3) is 21.2 Å². The van der Waals surface area contributed by atoms with Crippen LogP contribution in [0.15, 0.2) is 47.8 Å². The van der Waals surface area contributed by atoms with Gasteiger partial charge in [0.15, 0.2) is 0 Å². The molecule has 0 radical (unpaired) electrons. The van der Waals surface area contributed by atoms with Crippen LogP contribution in [-0.4, -0.2) is 13.2 Å². The first-order chi connectivity index (χ1) is 12.3. The van der Waals surface area contributed by atoms with Crippen molar-refractivity contribution in [3.05, 3.63) is 47.8 Å². The number of hydrogen-bond acceptors (Lipinski definition) is 3. The molecular weight excluding hydrogens is 328 g/mol. The molecule has 1 aromatic heterocycles. The Morgan fingerprint density at radius 3 is 2.36 bits per heavy atom. The Hall–Kier alpha value is -2.00. The van der Waals surface area contributed by atoms with Gasteiger partial charge in [-0.05, 0) is 65.6 Å². The second-order valence-corrected chi connectivity index (χ2v) is 7.15. The number of rotatable bonds is 9. The summed E-state index contributed by atoms with van der Waals surface area (Å²) in [5.41, 5.74) is 1.24. The first-order valence-corrected chi connectivity index (χ1v) is 10.1. The van der Waals surface area contributed by atoms with E-state index in [1.807, 2.05) is 0 Å². The molecule has 3 heteroatoms. The predicted octanol–water partition coefficient (Wildman–Crippen LogP) is 6.93. The Kier molecular flexibility index (Phi) is 6.35. The molecule has 132 valence electrons. The Labute approximate surface area is 154 Å². The molecule has 2 nitrogen and oxygen atoms in total. The zero-order chi connectivity index (χ0) is 17.5. The number of unbranched alkanes of at least 4 members (excludes halogenated alkanes) is 2. The fourth-order valence-corrected chi connectivity index (χ4v) is 3.59. The van der Waals surface area contributed by atoms with Gasteiger partial charge in [-0.25, -0.2) is 0 Å². The molecule has 3 aromatic rings. The number of benzene rings is 2. The summed E-state index contributed by atoms with van der Waals surface area (Å²) < 4.78 is 12.0. The number of fused-ring (bicyclic) bond motifs is 1. The van der Waals surface area contributed by atoms with Crippen molar-refractivity contribution >= 4 is 22.1 Å². The molecular formula is C22H26O2S. The summed E-state index contributed by atoms with van der Waals surface area (Å²) in [6, 6.07) is 14.9. The normalized spacial score (nSPS) is 11.0. The summed E-state index contributed by atoms with van der Waals surface area (Å²) in [5, 5.41) is 4.48. The third-order valence-electron chi connectivity index (χ3n) is 4.26. The summed E-state index contributed by atoms with van der Waals surface area (Å²) in [5.74, 6) is 1.90. The molecule has 0 bridgehead atoms. The highest BCUT2D eigenvalue weighted by atomic mass is 32.1. The summed E-state index contributed by atoms with van der Waals surface area (Å²) in [6.45, 7) is 5.89. The lowest BCUT2D eigenvalue weighted by molar-refractivity contribution is 0.309. The molecule has 0 atom stereocenters. The van der Waals surface area contributed by atoms with E-state index in [0.29, 0.717) is 0 Å². The van der Waals surface area contributed by atoms with E-state index in [4.69, 9.17) is 9.47 Å². The van der Waals surface area contributed by atoms with Crippen molar-refractivity contribution in [2.24, 2.45) is 0 Å². The third-order valence-corrected chi connectivity index (χ3v) is 5.16. The zero-order valence-corrected chi connectivity index (χ0v) is 15.9. The van der Waals surface area contributed by atoms with Crippen LogP contribution in [0.3, 0.4) is 0 Å². The van der Waals surface area contributed by atoms with Gasteiger partial charge < -0.3 is 9.47 Å². The zero-order valence-electron chi connectivity index (χ0n) is 15.1. The molecule has 0 aliphatic heterocycles. The van der Waals surface area contributed by atoms with Gasteiger partial charge in [0.1, 0.15) is 11.5 Å². The van der Waals surface area contributed by atoms with Gasteiger partial charge in [0, 0.05) is 10.3 Å². The first kappa shape index (κ1) is 17.8. The molecule has 2 aromatic carbocycles. The van der Waals surface area contributed by atoms with Crippen LogP contribution in [0.2, 0.25) is 0 Å². The van der Waals surface area contributed by atoms with Crippen molar-refractivity contribution < 1.29 is 9.47 Å². The Morgan fingerprint density at radius 2 is 1.64 bits per heavy atom. The van der Waals surface area contributed by atoms with Gasteiger partial charge >= 0.3 is 0 Å². The lowest BCUT2D eigenvalue weighted by Gasteiger charge is -2.14. The van der Waals surface area contributed by atoms with Gasteiger partial charge in [0.2, 0.25) is 0 Å². The number of ether oxygens (including phenoxy) is 2. The fourth-order valence-electron chi connectivity index (χ4n) is 2.82. The quantitative estimate of drug-likeness (QED) is 0.388. The van der Waals surface area contributed by atoms with E-state index in [-0.39, 0.29) is 0 Å². The fraction of sp³-hybridized carbons (Fsp3) is 0.364. The highest BCUT2D eigenvalue weighted by Crippen LogP contribution is 2.38. The maximum Gasteiger partial charge on any atom is 0.127 e. The molecule has 0 spiro atoms. The molecule has 3 rings (SSSR count). The van der Waals surface area contributed by atoms with Crippen molar-refractivity contribution in [3.8, 4) is 21.9 Å². The van der Waals surface area contributed by atoms with Gasteiger partial charge in [-0.1, -0.05) is 32.8 Å². The molecule has 0 aliphatic carbocycles. The van der Waals surface area contributed by atoms with Gasteiger partial charge in [-0.3, -0.25) is 0 Å². The Bertz CT molecular complexity index is 793. The van der Waals surface area contributed by atoms with E-state index in [2.05, 4.69) is 61.7 Å². The topological polar surface area (TPSA) is 18.5 Å². The van der Waals surface area contributed by atoms with E-state index < -0.39 is 0 Å². The first-order valence-electron chi connectivity index (χ1n) is 9.19. The minimum atomic E-state index is 0.763. The van der Waals surface area contributed by atoms with Crippen LogP contribution in [0.1, 0.15) is 39.5 Å². The highest BCUT2D eigenvalue weighted by molar-refractivity contribution is 7.13. The van der Waals surface area contributed by atoms with Crippen molar-refractivity contribution in [1.29, 1.82) is 0 Å². The smallest absolute Gasteiger partial charge is 0.127 e. The summed E-state index contributed by atoms with van der Waals surface area (Å²) in [6.07, 6.45) is 4.44. The summed E-state index contributed by atoms with van der Waals surface area (Å²) >= 11 is 1.76. The molecule has 0 fully saturated rings. The molecule has 0 unspecified atom stereocenters. The van der Waals surface area contributed by atoms with Crippen LogP contribution in [0, 0.1) is 0 Å². The second-order valence-electron chi connectivity index (χ2n) is 6.20. The van der Waals surface area contributed by atoms with Crippen LogP contribution in [0.4, 0.5) is 0 Å². The van der Waals surface area contributed by atoms with Gasteiger partial charge in [0.05, 0.1) is 13.2 Å². The molecule has 1 heterocycles. The molecule has 25 heavy (non-hydrogen) atoms. The Balaban J connectivity index is 1.99. The standard InChI is InChI=1S/C22H26O2S/c1-3-5-13-23-17-9-10-18-20(16-17)19(22-8-7-15-25-22)11-12-21(18)24-14-6-4-2/h7-12,15-16H,3-6,13-14H2,1-2H3.